The van der Waals surface area contributed by atoms with Crippen LogP contribution in [0.25, 0.3) is 0 Å². The van der Waals surface area contributed by atoms with Crippen molar-refractivity contribution in [3.05, 3.63) is 48.0 Å². The van der Waals surface area contributed by atoms with E-state index in [2.05, 4.69) is 68.0 Å². The van der Waals surface area contributed by atoms with Gasteiger partial charge in [0.05, 0.1) is 6.04 Å². The maximum Gasteiger partial charge on any atom is 0.315 e. The Kier molecular flexibility index (Phi) is 6.45. The molecule has 1 fully saturated rings. The van der Waals surface area contributed by atoms with Gasteiger partial charge in [-0.25, -0.2) is 9.78 Å². The van der Waals surface area contributed by atoms with Crippen molar-refractivity contribution >= 4 is 6.03 Å². The van der Waals surface area contributed by atoms with Gasteiger partial charge in [-0.15, -0.1) is 0 Å². The number of hydrogen-bond donors (Lipinski definition) is 3. The summed E-state index contributed by atoms with van der Waals surface area (Å²) in [7, 11) is 0. The molecule has 2 aromatic rings. The van der Waals surface area contributed by atoms with E-state index in [9.17, 15) is 4.79 Å². The van der Waals surface area contributed by atoms with Crippen LogP contribution >= 0.6 is 0 Å². The average Bonchev–Trinajstić information content (AvgIpc) is 3.24. The number of likely N-dealkylation sites (tertiary alicyclic amines) is 1. The fourth-order valence-corrected chi connectivity index (χ4v) is 3.69. The summed E-state index contributed by atoms with van der Waals surface area (Å²) in [6, 6.07) is 10.3. The number of carbonyl (C=O) groups excluding carboxylic acids is 1. The molecule has 1 saturated heterocycles. The number of nitrogens with zero attached hydrogens (tertiary/aromatic N) is 3. The highest BCUT2D eigenvalue weighted by Gasteiger charge is 2.33. The highest BCUT2D eigenvalue weighted by Crippen LogP contribution is 2.34. The molecule has 2 heterocycles. The Morgan fingerprint density at radius 2 is 2.04 bits per heavy atom. The SMILES string of the molecule is CCC1(CNC(=O)N[C@@H](C)c2ncn[nH]2)CCN(Cc2ccccc2)CC1. The van der Waals surface area contributed by atoms with Crippen molar-refractivity contribution in [1.29, 1.82) is 0 Å². The second-order valence-corrected chi connectivity index (χ2v) is 7.53. The van der Waals surface area contributed by atoms with Gasteiger partial charge >= 0.3 is 6.03 Å². The molecule has 0 aliphatic carbocycles. The minimum absolute atomic E-state index is 0.154. The van der Waals surface area contributed by atoms with E-state index in [1.807, 2.05) is 6.92 Å². The molecule has 7 heteroatoms. The van der Waals surface area contributed by atoms with E-state index in [1.54, 1.807) is 0 Å². The van der Waals surface area contributed by atoms with Crippen molar-refractivity contribution in [3.63, 3.8) is 0 Å². The van der Waals surface area contributed by atoms with Gasteiger partial charge in [-0.05, 0) is 50.3 Å². The van der Waals surface area contributed by atoms with E-state index >= 15 is 0 Å². The molecule has 3 N–H and O–H groups in total. The van der Waals surface area contributed by atoms with Crippen LogP contribution in [0.15, 0.2) is 36.7 Å². The molecular formula is C20H30N6O. The van der Waals surface area contributed by atoms with Crippen LogP contribution in [0.1, 0.15) is 50.5 Å². The number of carbonyl (C=O) groups is 1. The van der Waals surface area contributed by atoms with Gasteiger partial charge in [0.25, 0.3) is 0 Å². The van der Waals surface area contributed by atoms with E-state index in [4.69, 9.17) is 0 Å². The van der Waals surface area contributed by atoms with Gasteiger partial charge in [0, 0.05) is 13.1 Å². The van der Waals surface area contributed by atoms with Crippen molar-refractivity contribution in [2.45, 2.75) is 45.7 Å². The summed E-state index contributed by atoms with van der Waals surface area (Å²) >= 11 is 0. The molecule has 3 rings (SSSR count). The number of benzene rings is 1. The molecular weight excluding hydrogens is 340 g/mol. The lowest BCUT2D eigenvalue weighted by Gasteiger charge is -2.41. The van der Waals surface area contributed by atoms with Crippen molar-refractivity contribution in [3.8, 4) is 0 Å². The van der Waals surface area contributed by atoms with Crippen LogP contribution in [0.4, 0.5) is 4.79 Å². The van der Waals surface area contributed by atoms with Gasteiger partial charge in [0.2, 0.25) is 0 Å². The van der Waals surface area contributed by atoms with E-state index in [0.29, 0.717) is 12.4 Å². The molecule has 27 heavy (non-hydrogen) atoms. The van der Waals surface area contributed by atoms with Crippen LogP contribution in [0.2, 0.25) is 0 Å². The third-order valence-electron chi connectivity index (χ3n) is 5.73. The van der Waals surface area contributed by atoms with E-state index in [-0.39, 0.29) is 17.5 Å². The highest BCUT2D eigenvalue weighted by atomic mass is 16.2. The number of piperidine rings is 1. The summed E-state index contributed by atoms with van der Waals surface area (Å²) in [6.45, 7) is 7.96. The number of aromatic amines is 1. The lowest BCUT2D eigenvalue weighted by Crippen LogP contribution is -2.48. The molecule has 0 spiro atoms. The first-order valence-electron chi connectivity index (χ1n) is 9.76. The Balaban J connectivity index is 1.45. The molecule has 1 atom stereocenters. The molecule has 0 unspecified atom stereocenters. The number of amides is 2. The summed E-state index contributed by atoms with van der Waals surface area (Å²) < 4.78 is 0. The van der Waals surface area contributed by atoms with Crippen molar-refractivity contribution in [2.75, 3.05) is 19.6 Å². The second kappa shape index (κ2) is 8.99. The molecule has 1 aromatic heterocycles. The largest absolute Gasteiger partial charge is 0.338 e. The molecule has 0 radical (unpaired) electrons. The number of aromatic nitrogens is 3. The molecule has 1 aliphatic heterocycles. The van der Waals surface area contributed by atoms with Crippen molar-refractivity contribution in [2.24, 2.45) is 5.41 Å². The lowest BCUT2D eigenvalue weighted by molar-refractivity contribution is 0.0947. The fourth-order valence-electron chi connectivity index (χ4n) is 3.69. The Morgan fingerprint density at radius 3 is 2.67 bits per heavy atom. The zero-order valence-corrected chi connectivity index (χ0v) is 16.2. The maximum absolute atomic E-state index is 12.3. The first kappa shape index (κ1) is 19.4. The zero-order chi connectivity index (χ0) is 19.1. The minimum atomic E-state index is -0.196. The Labute approximate surface area is 160 Å². The van der Waals surface area contributed by atoms with Gasteiger partial charge in [-0.2, -0.15) is 5.10 Å². The normalized spacial score (nSPS) is 18.0. The zero-order valence-electron chi connectivity index (χ0n) is 16.2. The third kappa shape index (κ3) is 5.29. The summed E-state index contributed by atoms with van der Waals surface area (Å²) in [5.74, 6) is 0.657. The van der Waals surface area contributed by atoms with E-state index < -0.39 is 0 Å². The summed E-state index contributed by atoms with van der Waals surface area (Å²) in [5.41, 5.74) is 1.54. The highest BCUT2D eigenvalue weighted by molar-refractivity contribution is 5.74. The second-order valence-electron chi connectivity index (χ2n) is 7.53. The van der Waals surface area contributed by atoms with Gasteiger partial charge in [0.1, 0.15) is 12.2 Å². The average molecular weight is 371 g/mol. The summed E-state index contributed by atoms with van der Waals surface area (Å²) in [6.07, 6.45) is 4.73. The molecule has 0 bridgehead atoms. The van der Waals surface area contributed by atoms with Gasteiger partial charge in [0.15, 0.2) is 0 Å². The number of rotatable bonds is 7. The predicted molar refractivity (Wildman–Crippen MR) is 105 cm³/mol. The van der Waals surface area contributed by atoms with Gasteiger partial charge in [-0.3, -0.25) is 10.00 Å². The van der Waals surface area contributed by atoms with Crippen molar-refractivity contribution < 1.29 is 4.79 Å². The first-order chi connectivity index (χ1) is 13.1. The third-order valence-corrected chi connectivity index (χ3v) is 5.73. The van der Waals surface area contributed by atoms with Gasteiger partial charge in [-0.1, -0.05) is 37.3 Å². The Bertz CT molecular complexity index is 695. The topological polar surface area (TPSA) is 85.9 Å². The van der Waals surface area contributed by atoms with Crippen LogP contribution < -0.4 is 10.6 Å². The Hall–Kier alpha value is -2.41. The molecule has 1 aliphatic rings. The monoisotopic (exact) mass is 370 g/mol. The van der Waals surface area contributed by atoms with Crippen LogP contribution in [-0.4, -0.2) is 45.7 Å². The van der Waals surface area contributed by atoms with Crippen LogP contribution in [0.3, 0.4) is 0 Å². The number of hydrogen-bond acceptors (Lipinski definition) is 4. The number of urea groups is 1. The quantitative estimate of drug-likeness (QED) is 0.699. The molecule has 2 amide bonds. The fraction of sp³-hybridized carbons (Fsp3) is 0.550. The van der Waals surface area contributed by atoms with Gasteiger partial charge < -0.3 is 10.6 Å². The van der Waals surface area contributed by atoms with Crippen LogP contribution in [0.5, 0.6) is 0 Å². The maximum atomic E-state index is 12.3. The molecule has 1 aromatic carbocycles. The standard InChI is InChI=1S/C20H30N6O/c1-3-20(14-21-19(27)24-16(2)18-22-15-23-25-18)9-11-26(12-10-20)13-17-7-5-4-6-8-17/h4-8,15-16H,3,9-14H2,1-2H3,(H2,21,24,27)(H,22,23,25)/t16-/m0/s1. The number of nitrogens with one attached hydrogen (secondary N) is 3. The predicted octanol–water partition coefficient (Wildman–Crippen LogP) is 2.86. The van der Waals surface area contributed by atoms with Crippen LogP contribution in [-0.2, 0) is 6.54 Å². The summed E-state index contributed by atoms with van der Waals surface area (Å²) in [4.78, 5) is 18.8. The molecule has 7 nitrogen and oxygen atoms in total. The van der Waals surface area contributed by atoms with E-state index in [1.165, 1.54) is 11.9 Å². The first-order valence-corrected chi connectivity index (χ1v) is 9.76. The summed E-state index contributed by atoms with van der Waals surface area (Å²) in [5, 5.41) is 12.6. The minimum Gasteiger partial charge on any atom is -0.338 e. The Morgan fingerprint density at radius 1 is 1.30 bits per heavy atom. The molecule has 146 valence electrons. The number of H-pyrrole nitrogens is 1. The van der Waals surface area contributed by atoms with Crippen LogP contribution in [0, 0.1) is 5.41 Å². The van der Waals surface area contributed by atoms with Crippen molar-refractivity contribution in [1.82, 2.24) is 30.7 Å². The smallest absolute Gasteiger partial charge is 0.315 e. The lowest BCUT2D eigenvalue weighted by atomic mass is 9.76. The molecule has 0 saturated carbocycles. The van der Waals surface area contributed by atoms with E-state index in [0.717, 1.165) is 38.9 Å².